The van der Waals surface area contributed by atoms with Gasteiger partial charge in [0.25, 0.3) is 0 Å². The van der Waals surface area contributed by atoms with Crippen LogP contribution >= 0.6 is 0 Å². The molecule has 2 rings (SSSR count). The molecule has 2 atom stereocenters. The maximum Gasteiger partial charge on any atom is 0.124 e. The van der Waals surface area contributed by atoms with Crippen molar-refractivity contribution in [2.45, 2.75) is 64.1 Å². The first kappa shape index (κ1) is 13.4. The van der Waals surface area contributed by atoms with Crippen LogP contribution in [-0.4, -0.2) is 17.3 Å². The number of aliphatic hydroxyl groups excluding tert-OH is 1. The van der Waals surface area contributed by atoms with Crippen LogP contribution in [0, 0.1) is 0 Å². The van der Waals surface area contributed by atoms with Crippen LogP contribution in [0.4, 0.5) is 0 Å². The molecule has 1 N–H and O–H groups in total. The van der Waals surface area contributed by atoms with Crippen molar-refractivity contribution in [1.29, 1.82) is 0 Å². The Morgan fingerprint density at radius 1 is 1.11 bits per heavy atom. The molecule has 0 aliphatic heterocycles. The van der Waals surface area contributed by atoms with Gasteiger partial charge in [-0.2, -0.15) is 0 Å². The second kappa shape index (κ2) is 6.79. The number of aliphatic hydroxyl groups is 1. The SMILES string of the molecule is CCc1ccccc1OC1CCCCCCC1O. The van der Waals surface area contributed by atoms with E-state index in [2.05, 4.69) is 13.0 Å². The second-order valence-corrected chi connectivity index (χ2v) is 5.18. The minimum Gasteiger partial charge on any atom is -0.487 e. The molecular weight excluding hydrogens is 224 g/mol. The zero-order chi connectivity index (χ0) is 12.8. The zero-order valence-corrected chi connectivity index (χ0v) is 11.3. The number of hydrogen-bond acceptors (Lipinski definition) is 2. The van der Waals surface area contributed by atoms with Crippen molar-refractivity contribution >= 4 is 0 Å². The number of para-hydroxylation sites is 1. The number of hydrogen-bond donors (Lipinski definition) is 1. The van der Waals surface area contributed by atoms with Crippen molar-refractivity contribution in [3.8, 4) is 5.75 Å². The van der Waals surface area contributed by atoms with E-state index in [-0.39, 0.29) is 12.2 Å². The molecule has 2 nitrogen and oxygen atoms in total. The summed E-state index contributed by atoms with van der Waals surface area (Å²) in [6, 6.07) is 8.17. The van der Waals surface area contributed by atoms with Gasteiger partial charge in [-0.05, 0) is 37.3 Å². The summed E-state index contributed by atoms with van der Waals surface area (Å²) in [7, 11) is 0. The largest absolute Gasteiger partial charge is 0.487 e. The summed E-state index contributed by atoms with van der Waals surface area (Å²) in [6.07, 6.45) is 7.27. The van der Waals surface area contributed by atoms with E-state index >= 15 is 0 Å². The third kappa shape index (κ3) is 3.49. The average Bonchev–Trinajstić information content (AvgIpc) is 2.39. The number of rotatable bonds is 3. The molecule has 0 aromatic heterocycles. The fourth-order valence-corrected chi connectivity index (χ4v) is 2.64. The quantitative estimate of drug-likeness (QED) is 0.883. The van der Waals surface area contributed by atoms with Crippen LogP contribution in [0.15, 0.2) is 24.3 Å². The Hall–Kier alpha value is -1.02. The first-order valence-corrected chi connectivity index (χ1v) is 7.24. The number of aryl methyl sites for hydroxylation is 1. The summed E-state index contributed by atoms with van der Waals surface area (Å²) in [4.78, 5) is 0. The van der Waals surface area contributed by atoms with Crippen molar-refractivity contribution < 1.29 is 9.84 Å². The predicted molar refractivity (Wildman–Crippen MR) is 73.9 cm³/mol. The summed E-state index contributed by atoms with van der Waals surface area (Å²) >= 11 is 0. The molecule has 0 saturated heterocycles. The molecular formula is C16H24O2. The van der Waals surface area contributed by atoms with Crippen LogP contribution in [0.5, 0.6) is 5.75 Å². The van der Waals surface area contributed by atoms with E-state index in [9.17, 15) is 5.11 Å². The van der Waals surface area contributed by atoms with Crippen LogP contribution in [0.2, 0.25) is 0 Å². The van der Waals surface area contributed by atoms with Gasteiger partial charge in [0.2, 0.25) is 0 Å². The van der Waals surface area contributed by atoms with Crippen LogP contribution in [0.3, 0.4) is 0 Å². The molecule has 1 aliphatic carbocycles. The summed E-state index contributed by atoms with van der Waals surface area (Å²) in [6.45, 7) is 2.14. The van der Waals surface area contributed by atoms with Gasteiger partial charge in [-0.3, -0.25) is 0 Å². The molecule has 1 saturated carbocycles. The molecule has 1 aliphatic rings. The van der Waals surface area contributed by atoms with Crippen molar-refractivity contribution in [2.24, 2.45) is 0 Å². The summed E-state index contributed by atoms with van der Waals surface area (Å²) in [5.41, 5.74) is 1.23. The van der Waals surface area contributed by atoms with Crippen molar-refractivity contribution in [2.75, 3.05) is 0 Å². The summed E-state index contributed by atoms with van der Waals surface area (Å²) in [5, 5.41) is 10.2. The van der Waals surface area contributed by atoms with E-state index in [1.54, 1.807) is 0 Å². The van der Waals surface area contributed by atoms with E-state index in [0.717, 1.165) is 37.9 Å². The minimum absolute atomic E-state index is 0.0296. The first-order chi connectivity index (χ1) is 8.81. The summed E-state index contributed by atoms with van der Waals surface area (Å²) in [5.74, 6) is 0.949. The zero-order valence-electron chi connectivity index (χ0n) is 11.3. The van der Waals surface area contributed by atoms with E-state index < -0.39 is 0 Å². The fraction of sp³-hybridized carbons (Fsp3) is 0.625. The summed E-state index contributed by atoms with van der Waals surface area (Å²) < 4.78 is 6.08. The average molecular weight is 248 g/mol. The number of benzene rings is 1. The third-order valence-electron chi connectivity index (χ3n) is 3.80. The molecule has 0 radical (unpaired) electrons. The Morgan fingerprint density at radius 2 is 1.83 bits per heavy atom. The van der Waals surface area contributed by atoms with Gasteiger partial charge >= 0.3 is 0 Å². The van der Waals surface area contributed by atoms with Crippen molar-refractivity contribution in [3.05, 3.63) is 29.8 Å². The molecule has 2 heteroatoms. The molecule has 0 amide bonds. The maximum atomic E-state index is 10.2. The van der Waals surface area contributed by atoms with Gasteiger partial charge in [0.05, 0.1) is 6.10 Å². The highest BCUT2D eigenvalue weighted by Gasteiger charge is 2.22. The Morgan fingerprint density at radius 3 is 2.61 bits per heavy atom. The van der Waals surface area contributed by atoms with Crippen LogP contribution in [-0.2, 0) is 6.42 Å². The van der Waals surface area contributed by atoms with Gasteiger partial charge in [-0.1, -0.05) is 44.4 Å². The molecule has 1 fully saturated rings. The highest BCUT2D eigenvalue weighted by Crippen LogP contribution is 2.25. The van der Waals surface area contributed by atoms with Crippen molar-refractivity contribution in [1.82, 2.24) is 0 Å². The topological polar surface area (TPSA) is 29.5 Å². The molecule has 0 spiro atoms. The lowest BCUT2D eigenvalue weighted by atomic mass is 9.96. The van der Waals surface area contributed by atoms with E-state index in [1.807, 2.05) is 18.2 Å². The second-order valence-electron chi connectivity index (χ2n) is 5.18. The van der Waals surface area contributed by atoms with Crippen LogP contribution < -0.4 is 4.74 Å². The van der Waals surface area contributed by atoms with Gasteiger partial charge < -0.3 is 9.84 Å². The Bertz CT molecular complexity index is 362. The third-order valence-corrected chi connectivity index (χ3v) is 3.80. The van der Waals surface area contributed by atoms with E-state index in [1.165, 1.54) is 18.4 Å². The van der Waals surface area contributed by atoms with Gasteiger partial charge in [0.15, 0.2) is 0 Å². The fourth-order valence-electron chi connectivity index (χ4n) is 2.64. The Labute approximate surface area is 110 Å². The molecule has 0 heterocycles. The molecule has 100 valence electrons. The van der Waals surface area contributed by atoms with Crippen LogP contribution in [0.25, 0.3) is 0 Å². The number of ether oxygens (including phenoxy) is 1. The van der Waals surface area contributed by atoms with Gasteiger partial charge in [0, 0.05) is 0 Å². The van der Waals surface area contributed by atoms with Gasteiger partial charge in [-0.25, -0.2) is 0 Å². The lowest BCUT2D eigenvalue weighted by molar-refractivity contribution is 0.0183. The van der Waals surface area contributed by atoms with E-state index in [0.29, 0.717) is 0 Å². The standard InChI is InChI=1S/C16H24O2/c1-2-13-9-7-8-11-15(13)18-16-12-6-4-3-5-10-14(16)17/h7-9,11,14,16-17H,2-6,10,12H2,1H3. The first-order valence-electron chi connectivity index (χ1n) is 7.24. The maximum absolute atomic E-state index is 10.2. The lowest BCUT2D eigenvalue weighted by Crippen LogP contribution is -2.33. The normalized spacial score (nSPS) is 25.2. The smallest absolute Gasteiger partial charge is 0.124 e. The molecule has 18 heavy (non-hydrogen) atoms. The van der Waals surface area contributed by atoms with Gasteiger partial charge in [-0.15, -0.1) is 0 Å². The van der Waals surface area contributed by atoms with Gasteiger partial charge in [0.1, 0.15) is 11.9 Å². The monoisotopic (exact) mass is 248 g/mol. The lowest BCUT2D eigenvalue weighted by Gasteiger charge is -2.27. The minimum atomic E-state index is -0.310. The van der Waals surface area contributed by atoms with Crippen molar-refractivity contribution in [3.63, 3.8) is 0 Å². The highest BCUT2D eigenvalue weighted by atomic mass is 16.5. The highest BCUT2D eigenvalue weighted by molar-refractivity contribution is 5.33. The van der Waals surface area contributed by atoms with Crippen LogP contribution in [0.1, 0.15) is 51.0 Å². The van der Waals surface area contributed by atoms with E-state index in [4.69, 9.17) is 4.74 Å². The molecule has 2 unspecified atom stereocenters. The Balaban J connectivity index is 2.05. The molecule has 0 bridgehead atoms. The molecule has 1 aromatic rings. The molecule has 1 aromatic carbocycles. The Kier molecular flexibility index (Phi) is 5.06. The predicted octanol–water partition coefficient (Wildman–Crippen LogP) is 3.71.